The number of aromatic amines is 1. The van der Waals surface area contributed by atoms with Gasteiger partial charge in [0.15, 0.2) is 5.69 Å². The van der Waals surface area contributed by atoms with Crippen LogP contribution in [0.1, 0.15) is 47.9 Å². The highest BCUT2D eigenvalue weighted by molar-refractivity contribution is 5.94. The average Bonchev–Trinajstić information content (AvgIpc) is 2.75. The predicted octanol–water partition coefficient (Wildman–Crippen LogP) is 1.55. The molecule has 1 aromatic heterocycles. The third-order valence-corrected chi connectivity index (χ3v) is 3.66. The van der Waals surface area contributed by atoms with Crippen molar-refractivity contribution in [2.24, 2.45) is 5.92 Å². The fourth-order valence-corrected chi connectivity index (χ4v) is 2.57. The van der Waals surface area contributed by atoms with Gasteiger partial charge in [0.2, 0.25) is 0 Å². The summed E-state index contributed by atoms with van der Waals surface area (Å²) in [6.07, 6.45) is 2.15. The molecule has 0 bridgehead atoms. The van der Waals surface area contributed by atoms with Crippen molar-refractivity contribution in [3.8, 4) is 0 Å². The molecule has 1 fully saturated rings. The molecular formula is C12H16FN3O. The van der Waals surface area contributed by atoms with Crippen molar-refractivity contribution >= 4 is 5.91 Å². The Morgan fingerprint density at radius 1 is 1.65 bits per heavy atom. The number of carbonyl (C=O) groups excluding carboxylic acids is 1. The summed E-state index contributed by atoms with van der Waals surface area (Å²) in [6.45, 7) is 2.74. The Bertz CT molecular complexity index is 480. The lowest BCUT2D eigenvalue weighted by Crippen LogP contribution is -2.45. The number of amides is 1. The highest BCUT2D eigenvalue weighted by Gasteiger charge is 2.48. The molecule has 2 aliphatic carbocycles. The van der Waals surface area contributed by atoms with Crippen molar-refractivity contribution in [1.29, 1.82) is 0 Å². The van der Waals surface area contributed by atoms with E-state index in [1.807, 2.05) is 0 Å². The fourth-order valence-electron chi connectivity index (χ4n) is 2.57. The molecule has 1 aromatic rings. The number of aromatic nitrogens is 2. The summed E-state index contributed by atoms with van der Waals surface area (Å²) in [5.74, 6) is 1.03. The molecule has 0 aromatic carbocycles. The van der Waals surface area contributed by atoms with Crippen LogP contribution in [0.2, 0.25) is 0 Å². The summed E-state index contributed by atoms with van der Waals surface area (Å²) in [5.41, 5.74) is 1.79. The highest BCUT2D eigenvalue weighted by atomic mass is 19.1. The second kappa shape index (κ2) is 3.31. The SMILES string of the molecule is CC(C)(CF)NC(=O)c1n[nH]c2c1CC1CC21. The first-order valence-corrected chi connectivity index (χ1v) is 5.97. The quantitative estimate of drug-likeness (QED) is 0.838. The highest BCUT2D eigenvalue weighted by Crippen LogP contribution is 2.55. The van der Waals surface area contributed by atoms with Gasteiger partial charge in [-0.2, -0.15) is 5.10 Å². The van der Waals surface area contributed by atoms with Gasteiger partial charge in [0.25, 0.3) is 5.91 Å². The zero-order valence-electron chi connectivity index (χ0n) is 10.0. The standard InChI is InChI=1S/C12H16FN3O/c1-12(2,5-13)14-11(17)10-8-4-6-3-7(6)9(8)15-16-10/h6-7H,3-5H2,1-2H3,(H,14,17)(H,15,16). The molecule has 0 spiro atoms. The minimum absolute atomic E-state index is 0.272. The van der Waals surface area contributed by atoms with Crippen LogP contribution < -0.4 is 5.32 Å². The van der Waals surface area contributed by atoms with E-state index in [0.29, 0.717) is 17.5 Å². The van der Waals surface area contributed by atoms with Gasteiger partial charge in [-0.25, -0.2) is 4.39 Å². The van der Waals surface area contributed by atoms with Crippen molar-refractivity contribution < 1.29 is 9.18 Å². The van der Waals surface area contributed by atoms with Crippen molar-refractivity contribution in [2.45, 2.75) is 38.1 Å². The zero-order chi connectivity index (χ0) is 12.2. The van der Waals surface area contributed by atoms with Crippen molar-refractivity contribution in [1.82, 2.24) is 15.5 Å². The van der Waals surface area contributed by atoms with Crippen LogP contribution in [0.4, 0.5) is 4.39 Å². The van der Waals surface area contributed by atoms with Crippen LogP contribution in [0, 0.1) is 5.92 Å². The maximum Gasteiger partial charge on any atom is 0.272 e. The first-order chi connectivity index (χ1) is 8.02. The van der Waals surface area contributed by atoms with E-state index in [1.54, 1.807) is 13.8 Å². The summed E-state index contributed by atoms with van der Waals surface area (Å²) in [6, 6.07) is 0. The predicted molar refractivity (Wildman–Crippen MR) is 60.7 cm³/mol. The molecule has 2 atom stereocenters. The first kappa shape index (κ1) is 10.7. The van der Waals surface area contributed by atoms with Crippen LogP contribution in [-0.2, 0) is 6.42 Å². The average molecular weight is 237 g/mol. The Hall–Kier alpha value is -1.39. The van der Waals surface area contributed by atoms with Gasteiger partial charge in [-0.05, 0) is 32.6 Å². The van der Waals surface area contributed by atoms with E-state index in [4.69, 9.17) is 0 Å². The number of H-pyrrole nitrogens is 1. The van der Waals surface area contributed by atoms with E-state index in [2.05, 4.69) is 15.5 Å². The molecule has 92 valence electrons. The molecule has 2 unspecified atom stereocenters. The number of fused-ring (bicyclic) bond motifs is 3. The van der Waals surface area contributed by atoms with Gasteiger partial charge in [-0.15, -0.1) is 0 Å². The van der Waals surface area contributed by atoms with Crippen LogP contribution in [-0.4, -0.2) is 28.3 Å². The molecule has 5 heteroatoms. The second-order valence-corrected chi connectivity index (χ2v) is 5.74. The number of hydrogen-bond donors (Lipinski definition) is 2. The van der Waals surface area contributed by atoms with Gasteiger partial charge < -0.3 is 5.32 Å². The summed E-state index contributed by atoms with van der Waals surface area (Å²) >= 11 is 0. The van der Waals surface area contributed by atoms with E-state index in [9.17, 15) is 9.18 Å². The van der Waals surface area contributed by atoms with Gasteiger partial charge in [-0.1, -0.05) is 0 Å². The monoisotopic (exact) mass is 237 g/mol. The molecule has 1 amide bonds. The molecule has 0 radical (unpaired) electrons. The lowest BCUT2D eigenvalue weighted by atomic mass is 10.1. The molecule has 0 saturated heterocycles. The molecular weight excluding hydrogens is 221 g/mol. The number of alkyl halides is 1. The van der Waals surface area contributed by atoms with E-state index in [0.717, 1.165) is 17.7 Å². The van der Waals surface area contributed by atoms with Crippen molar-refractivity contribution in [3.63, 3.8) is 0 Å². The number of rotatable bonds is 3. The molecule has 0 aliphatic heterocycles. The second-order valence-electron chi connectivity index (χ2n) is 5.74. The van der Waals surface area contributed by atoms with Gasteiger partial charge in [-0.3, -0.25) is 9.89 Å². The molecule has 1 heterocycles. The van der Waals surface area contributed by atoms with E-state index in [1.165, 1.54) is 6.42 Å². The zero-order valence-corrected chi connectivity index (χ0v) is 10.0. The fraction of sp³-hybridized carbons (Fsp3) is 0.667. The van der Waals surface area contributed by atoms with Crippen LogP contribution in [0.15, 0.2) is 0 Å². The summed E-state index contributed by atoms with van der Waals surface area (Å²) in [4.78, 5) is 12.0. The third kappa shape index (κ3) is 1.64. The Balaban J connectivity index is 1.81. The lowest BCUT2D eigenvalue weighted by molar-refractivity contribution is 0.0893. The maximum absolute atomic E-state index is 12.7. The minimum atomic E-state index is -0.829. The number of carbonyl (C=O) groups is 1. The molecule has 1 saturated carbocycles. The molecule has 2 aliphatic rings. The normalized spacial score (nSPS) is 25.4. The summed E-state index contributed by atoms with van der Waals surface area (Å²) in [7, 11) is 0. The number of nitrogens with one attached hydrogen (secondary N) is 2. The van der Waals surface area contributed by atoms with E-state index >= 15 is 0 Å². The van der Waals surface area contributed by atoms with Crippen LogP contribution in [0.5, 0.6) is 0 Å². The van der Waals surface area contributed by atoms with Gasteiger partial charge in [0, 0.05) is 17.2 Å². The third-order valence-electron chi connectivity index (χ3n) is 3.66. The Kier molecular flexibility index (Phi) is 2.09. The molecule has 3 rings (SSSR count). The van der Waals surface area contributed by atoms with E-state index in [-0.39, 0.29) is 5.91 Å². The first-order valence-electron chi connectivity index (χ1n) is 5.97. The van der Waals surface area contributed by atoms with Crippen molar-refractivity contribution in [3.05, 3.63) is 17.0 Å². The Labute approximate surface area is 99.0 Å². The number of nitrogens with zero attached hydrogens (tertiary/aromatic N) is 1. The molecule has 17 heavy (non-hydrogen) atoms. The maximum atomic E-state index is 12.7. The molecule has 4 nitrogen and oxygen atoms in total. The van der Waals surface area contributed by atoms with Gasteiger partial charge in [0.1, 0.15) is 6.67 Å². The van der Waals surface area contributed by atoms with Gasteiger partial charge >= 0.3 is 0 Å². The summed E-state index contributed by atoms with van der Waals surface area (Å²) in [5, 5.41) is 9.70. The van der Waals surface area contributed by atoms with Crippen LogP contribution >= 0.6 is 0 Å². The van der Waals surface area contributed by atoms with Crippen molar-refractivity contribution in [2.75, 3.05) is 6.67 Å². The van der Waals surface area contributed by atoms with E-state index < -0.39 is 12.2 Å². The van der Waals surface area contributed by atoms with Crippen LogP contribution in [0.25, 0.3) is 0 Å². The van der Waals surface area contributed by atoms with Gasteiger partial charge in [0.05, 0.1) is 5.54 Å². The number of halogens is 1. The Morgan fingerprint density at radius 3 is 3.12 bits per heavy atom. The summed E-state index contributed by atoms with van der Waals surface area (Å²) < 4.78 is 12.7. The minimum Gasteiger partial charge on any atom is -0.343 e. The lowest BCUT2D eigenvalue weighted by Gasteiger charge is -2.21. The smallest absolute Gasteiger partial charge is 0.272 e. The molecule has 2 N–H and O–H groups in total. The largest absolute Gasteiger partial charge is 0.343 e. The number of hydrogen-bond acceptors (Lipinski definition) is 2. The Morgan fingerprint density at radius 2 is 2.41 bits per heavy atom. The topological polar surface area (TPSA) is 57.8 Å². The van der Waals surface area contributed by atoms with Crippen LogP contribution in [0.3, 0.4) is 0 Å².